The van der Waals surface area contributed by atoms with E-state index in [0.717, 1.165) is 6.08 Å². The van der Waals surface area contributed by atoms with Gasteiger partial charge in [-0.2, -0.15) is 0 Å². The Balaban J connectivity index is 2.63. The Hall–Kier alpha value is -1.12. The zero-order chi connectivity index (χ0) is 7.56. The van der Waals surface area contributed by atoms with Crippen LogP contribution in [0, 0.1) is 5.92 Å². The highest BCUT2D eigenvalue weighted by atomic mass is 16.5. The molecule has 0 saturated carbocycles. The minimum atomic E-state index is -0.572. The average molecular weight is 140 g/mol. The molecule has 1 rings (SSSR count). The van der Waals surface area contributed by atoms with Crippen LogP contribution in [0.2, 0.25) is 0 Å². The smallest absolute Gasteiger partial charge is 0.316 e. The van der Waals surface area contributed by atoms with Crippen molar-refractivity contribution in [3.8, 4) is 0 Å². The van der Waals surface area contributed by atoms with Crippen LogP contribution in [0.3, 0.4) is 0 Å². The second-order valence-corrected chi connectivity index (χ2v) is 2.12. The van der Waals surface area contributed by atoms with E-state index in [2.05, 4.69) is 11.3 Å². The van der Waals surface area contributed by atoms with E-state index in [1.54, 1.807) is 0 Å². The van der Waals surface area contributed by atoms with Gasteiger partial charge in [0.1, 0.15) is 5.92 Å². The maximum absolute atomic E-state index is 10.8. The van der Waals surface area contributed by atoms with Gasteiger partial charge < -0.3 is 4.74 Å². The van der Waals surface area contributed by atoms with Gasteiger partial charge in [-0.05, 0) is 6.08 Å². The summed E-state index contributed by atoms with van der Waals surface area (Å²) >= 11 is 0. The number of ether oxygens (including phenoxy) is 1. The predicted octanol–water partition coefficient (Wildman–Crippen LogP) is 0.305. The number of rotatable bonds is 2. The van der Waals surface area contributed by atoms with Crippen molar-refractivity contribution in [3.05, 3.63) is 12.7 Å². The SMILES string of the molecule is C=CC(=O)[C@H]1CCOC1=O. The van der Waals surface area contributed by atoms with Crippen molar-refractivity contribution in [2.24, 2.45) is 5.92 Å². The molecule has 1 saturated heterocycles. The Morgan fingerprint density at radius 3 is 2.90 bits per heavy atom. The molecule has 1 aliphatic rings. The number of allylic oxidation sites excluding steroid dienone is 1. The molecule has 0 spiro atoms. The molecule has 0 N–H and O–H groups in total. The molecule has 0 bridgehead atoms. The van der Waals surface area contributed by atoms with E-state index < -0.39 is 11.9 Å². The molecule has 10 heavy (non-hydrogen) atoms. The minimum Gasteiger partial charge on any atom is -0.465 e. The number of carbonyl (C=O) groups is 2. The second-order valence-electron chi connectivity index (χ2n) is 2.12. The first-order valence-corrected chi connectivity index (χ1v) is 3.08. The molecule has 1 fully saturated rings. The molecule has 0 aliphatic carbocycles. The summed E-state index contributed by atoms with van der Waals surface area (Å²) in [6.45, 7) is 3.65. The van der Waals surface area contributed by atoms with Crippen LogP contribution >= 0.6 is 0 Å². The van der Waals surface area contributed by atoms with Gasteiger partial charge in [0, 0.05) is 6.42 Å². The van der Waals surface area contributed by atoms with Gasteiger partial charge in [0.15, 0.2) is 5.78 Å². The van der Waals surface area contributed by atoms with E-state index in [4.69, 9.17) is 0 Å². The summed E-state index contributed by atoms with van der Waals surface area (Å²) in [6.07, 6.45) is 1.67. The number of hydrogen-bond donors (Lipinski definition) is 0. The van der Waals surface area contributed by atoms with Gasteiger partial charge in [-0.1, -0.05) is 6.58 Å². The third-order valence-corrected chi connectivity index (χ3v) is 1.48. The molecule has 0 radical (unpaired) electrons. The second kappa shape index (κ2) is 2.64. The number of hydrogen-bond acceptors (Lipinski definition) is 3. The lowest BCUT2D eigenvalue weighted by Gasteiger charge is -1.96. The first kappa shape index (κ1) is 6.99. The third-order valence-electron chi connectivity index (χ3n) is 1.48. The molecule has 1 heterocycles. The van der Waals surface area contributed by atoms with Crippen molar-refractivity contribution in [1.82, 2.24) is 0 Å². The number of carbonyl (C=O) groups excluding carboxylic acids is 2. The Kier molecular flexibility index (Phi) is 1.85. The van der Waals surface area contributed by atoms with Crippen molar-refractivity contribution in [2.45, 2.75) is 6.42 Å². The summed E-state index contributed by atoms with van der Waals surface area (Å²) in [7, 11) is 0. The maximum Gasteiger partial charge on any atom is 0.316 e. The van der Waals surface area contributed by atoms with E-state index in [0.29, 0.717) is 13.0 Å². The highest BCUT2D eigenvalue weighted by Crippen LogP contribution is 2.15. The molecular weight excluding hydrogens is 132 g/mol. The van der Waals surface area contributed by atoms with E-state index in [1.807, 2.05) is 0 Å². The third kappa shape index (κ3) is 1.07. The molecular formula is C7H8O3. The maximum atomic E-state index is 10.8. The van der Waals surface area contributed by atoms with E-state index in [-0.39, 0.29) is 5.78 Å². The van der Waals surface area contributed by atoms with Crippen LogP contribution in [0.4, 0.5) is 0 Å². The topological polar surface area (TPSA) is 43.4 Å². The van der Waals surface area contributed by atoms with Crippen molar-refractivity contribution >= 4 is 11.8 Å². The van der Waals surface area contributed by atoms with Crippen molar-refractivity contribution in [3.63, 3.8) is 0 Å². The number of ketones is 1. The van der Waals surface area contributed by atoms with Crippen LogP contribution in [0.5, 0.6) is 0 Å². The van der Waals surface area contributed by atoms with Crippen LogP contribution in [0.1, 0.15) is 6.42 Å². The van der Waals surface area contributed by atoms with Gasteiger partial charge in [0.25, 0.3) is 0 Å². The standard InChI is InChI=1S/C7H8O3/c1-2-6(8)5-3-4-10-7(5)9/h2,5H,1,3-4H2/t5-/m1/s1. The largest absolute Gasteiger partial charge is 0.465 e. The fourth-order valence-corrected chi connectivity index (χ4v) is 0.896. The van der Waals surface area contributed by atoms with E-state index in [9.17, 15) is 9.59 Å². The van der Waals surface area contributed by atoms with Crippen LogP contribution in [-0.4, -0.2) is 18.4 Å². The molecule has 0 aromatic rings. The zero-order valence-corrected chi connectivity index (χ0v) is 5.50. The fraction of sp³-hybridized carbons (Fsp3) is 0.429. The molecule has 3 nitrogen and oxygen atoms in total. The lowest BCUT2D eigenvalue weighted by atomic mass is 10.0. The molecule has 0 aromatic heterocycles. The molecule has 3 heteroatoms. The molecule has 0 amide bonds. The average Bonchev–Trinajstić information content (AvgIpc) is 2.34. The van der Waals surface area contributed by atoms with Crippen molar-refractivity contribution in [1.29, 1.82) is 0 Å². The molecule has 1 aliphatic heterocycles. The highest BCUT2D eigenvalue weighted by molar-refractivity contribution is 6.05. The van der Waals surface area contributed by atoms with Gasteiger partial charge in [0.05, 0.1) is 6.61 Å². The normalized spacial score (nSPS) is 24.0. The minimum absolute atomic E-state index is 0.234. The van der Waals surface area contributed by atoms with Crippen molar-refractivity contribution in [2.75, 3.05) is 6.61 Å². The van der Waals surface area contributed by atoms with Crippen molar-refractivity contribution < 1.29 is 14.3 Å². The Labute approximate surface area is 58.7 Å². The zero-order valence-electron chi connectivity index (χ0n) is 5.50. The molecule has 1 atom stereocenters. The summed E-state index contributed by atoms with van der Waals surface area (Å²) in [6, 6.07) is 0. The fourth-order valence-electron chi connectivity index (χ4n) is 0.896. The molecule has 0 unspecified atom stereocenters. The Morgan fingerprint density at radius 2 is 2.50 bits per heavy atom. The number of cyclic esters (lactones) is 1. The van der Waals surface area contributed by atoms with Gasteiger partial charge in [-0.15, -0.1) is 0 Å². The number of esters is 1. The summed E-state index contributed by atoms with van der Waals surface area (Å²) in [5.74, 6) is -1.22. The lowest BCUT2D eigenvalue weighted by molar-refractivity contribution is -0.143. The van der Waals surface area contributed by atoms with Crippen LogP contribution < -0.4 is 0 Å². The molecule has 0 aromatic carbocycles. The summed E-state index contributed by atoms with van der Waals surface area (Å²) in [5.41, 5.74) is 0. The van der Waals surface area contributed by atoms with Gasteiger partial charge in [-0.3, -0.25) is 9.59 Å². The van der Waals surface area contributed by atoms with E-state index >= 15 is 0 Å². The lowest BCUT2D eigenvalue weighted by Crippen LogP contribution is -2.16. The first-order valence-electron chi connectivity index (χ1n) is 3.08. The summed E-state index contributed by atoms with van der Waals surface area (Å²) in [5, 5.41) is 0. The molecule has 54 valence electrons. The highest BCUT2D eigenvalue weighted by Gasteiger charge is 2.30. The quantitative estimate of drug-likeness (QED) is 0.315. The Morgan fingerprint density at radius 1 is 1.80 bits per heavy atom. The van der Waals surface area contributed by atoms with Crippen LogP contribution in [0.15, 0.2) is 12.7 Å². The predicted molar refractivity (Wildman–Crippen MR) is 34.3 cm³/mol. The van der Waals surface area contributed by atoms with Gasteiger partial charge >= 0.3 is 5.97 Å². The Bertz CT molecular complexity index is 183. The van der Waals surface area contributed by atoms with E-state index in [1.165, 1.54) is 0 Å². The first-order chi connectivity index (χ1) is 4.75. The van der Waals surface area contributed by atoms with Crippen LogP contribution in [0.25, 0.3) is 0 Å². The monoisotopic (exact) mass is 140 g/mol. The van der Waals surface area contributed by atoms with Crippen LogP contribution in [-0.2, 0) is 14.3 Å². The summed E-state index contributed by atoms with van der Waals surface area (Å²) in [4.78, 5) is 21.5. The van der Waals surface area contributed by atoms with Gasteiger partial charge in [-0.25, -0.2) is 0 Å². The van der Waals surface area contributed by atoms with Gasteiger partial charge in [0.2, 0.25) is 0 Å². The summed E-state index contributed by atoms with van der Waals surface area (Å²) < 4.78 is 4.58.